The topological polar surface area (TPSA) is 113 Å². The van der Waals surface area contributed by atoms with Crippen LogP contribution in [0, 0.1) is 0 Å². The van der Waals surface area contributed by atoms with Crippen molar-refractivity contribution in [2.45, 2.75) is 24.4 Å². The van der Waals surface area contributed by atoms with Crippen molar-refractivity contribution in [2.24, 2.45) is 5.73 Å². The molecular formula is C6H11NO5. The lowest BCUT2D eigenvalue weighted by Crippen LogP contribution is -2.37. The minimum absolute atomic E-state index is 0.0119. The molecule has 1 fully saturated rings. The SMILES string of the molecule is NCC1OC(C(=O)O)C(O)C1O. The first-order valence-corrected chi connectivity index (χ1v) is 3.52. The highest BCUT2D eigenvalue weighted by Crippen LogP contribution is 2.20. The molecule has 0 aromatic carbocycles. The summed E-state index contributed by atoms with van der Waals surface area (Å²) in [6.45, 7) is -0.0119. The maximum atomic E-state index is 10.4. The van der Waals surface area contributed by atoms with E-state index in [0.29, 0.717) is 0 Å². The molecule has 6 nitrogen and oxygen atoms in total. The number of aliphatic hydroxyl groups is 2. The predicted octanol–water partition coefficient (Wildman–Crippen LogP) is -2.48. The molecule has 0 spiro atoms. The molecule has 0 aliphatic carbocycles. The smallest absolute Gasteiger partial charge is 0.335 e. The molecule has 0 radical (unpaired) electrons. The van der Waals surface area contributed by atoms with E-state index in [2.05, 4.69) is 0 Å². The molecule has 12 heavy (non-hydrogen) atoms. The van der Waals surface area contributed by atoms with Crippen LogP contribution in [-0.2, 0) is 9.53 Å². The molecule has 1 aliphatic heterocycles. The monoisotopic (exact) mass is 177 g/mol. The summed E-state index contributed by atoms with van der Waals surface area (Å²) in [5.74, 6) is -1.29. The zero-order valence-electron chi connectivity index (χ0n) is 6.25. The summed E-state index contributed by atoms with van der Waals surface area (Å²) in [6.07, 6.45) is -4.76. The second-order valence-corrected chi connectivity index (χ2v) is 2.65. The van der Waals surface area contributed by atoms with Gasteiger partial charge in [0, 0.05) is 6.54 Å². The van der Waals surface area contributed by atoms with Crippen LogP contribution in [0.5, 0.6) is 0 Å². The molecule has 0 amide bonds. The second-order valence-electron chi connectivity index (χ2n) is 2.65. The number of carboxylic acids is 1. The van der Waals surface area contributed by atoms with Crippen LogP contribution in [0.4, 0.5) is 0 Å². The van der Waals surface area contributed by atoms with Crippen molar-refractivity contribution in [3.05, 3.63) is 0 Å². The van der Waals surface area contributed by atoms with E-state index in [4.69, 9.17) is 25.8 Å². The molecule has 1 rings (SSSR count). The molecular weight excluding hydrogens is 166 g/mol. The van der Waals surface area contributed by atoms with Crippen molar-refractivity contribution in [3.8, 4) is 0 Å². The molecule has 0 aromatic rings. The van der Waals surface area contributed by atoms with Gasteiger partial charge in [-0.2, -0.15) is 0 Å². The Morgan fingerprint density at radius 1 is 1.42 bits per heavy atom. The highest BCUT2D eigenvalue weighted by atomic mass is 16.6. The average Bonchev–Trinajstić information content (AvgIpc) is 2.30. The Bertz CT molecular complexity index is 185. The van der Waals surface area contributed by atoms with Crippen LogP contribution in [0.3, 0.4) is 0 Å². The van der Waals surface area contributed by atoms with Gasteiger partial charge < -0.3 is 25.8 Å². The van der Waals surface area contributed by atoms with Gasteiger partial charge in [-0.1, -0.05) is 0 Å². The van der Waals surface area contributed by atoms with Gasteiger partial charge in [0.1, 0.15) is 12.2 Å². The van der Waals surface area contributed by atoms with E-state index < -0.39 is 30.4 Å². The molecule has 1 heterocycles. The predicted molar refractivity (Wildman–Crippen MR) is 37.4 cm³/mol. The molecule has 4 unspecified atom stereocenters. The lowest BCUT2D eigenvalue weighted by molar-refractivity contribution is -0.153. The number of aliphatic hydroxyl groups excluding tert-OH is 2. The zero-order valence-corrected chi connectivity index (χ0v) is 6.25. The first-order chi connectivity index (χ1) is 5.57. The van der Waals surface area contributed by atoms with E-state index in [0.717, 1.165) is 0 Å². The van der Waals surface area contributed by atoms with Crippen molar-refractivity contribution in [2.75, 3.05) is 6.54 Å². The van der Waals surface area contributed by atoms with Gasteiger partial charge in [-0.25, -0.2) is 4.79 Å². The van der Waals surface area contributed by atoms with E-state index >= 15 is 0 Å². The van der Waals surface area contributed by atoms with E-state index in [1.807, 2.05) is 0 Å². The van der Waals surface area contributed by atoms with Crippen LogP contribution in [0.1, 0.15) is 0 Å². The highest BCUT2D eigenvalue weighted by molar-refractivity contribution is 5.73. The van der Waals surface area contributed by atoms with Crippen LogP contribution in [0.2, 0.25) is 0 Å². The molecule has 1 aliphatic rings. The number of ether oxygens (including phenoxy) is 1. The minimum atomic E-state index is -1.39. The fourth-order valence-corrected chi connectivity index (χ4v) is 1.15. The second kappa shape index (κ2) is 3.36. The largest absolute Gasteiger partial charge is 0.479 e. The number of carboxylic acid groups (broad SMARTS) is 1. The number of rotatable bonds is 2. The van der Waals surface area contributed by atoms with Gasteiger partial charge in [0.05, 0.1) is 6.10 Å². The number of carbonyl (C=O) groups is 1. The number of aliphatic carboxylic acids is 1. The van der Waals surface area contributed by atoms with Crippen LogP contribution in [-0.4, -0.2) is 52.2 Å². The number of nitrogens with two attached hydrogens (primary N) is 1. The quantitative estimate of drug-likeness (QED) is 0.371. The van der Waals surface area contributed by atoms with Gasteiger partial charge in [0.2, 0.25) is 0 Å². The fraction of sp³-hybridized carbons (Fsp3) is 0.833. The van der Waals surface area contributed by atoms with Gasteiger partial charge in [-0.15, -0.1) is 0 Å². The standard InChI is InChI=1S/C6H11NO5/c7-1-2-3(8)4(9)5(12-2)6(10)11/h2-5,8-9H,1,7H2,(H,10,11). The first kappa shape index (κ1) is 9.40. The van der Waals surface area contributed by atoms with Gasteiger partial charge in [-0.05, 0) is 0 Å². The van der Waals surface area contributed by atoms with Crippen LogP contribution < -0.4 is 5.73 Å². The minimum Gasteiger partial charge on any atom is -0.479 e. The van der Waals surface area contributed by atoms with Gasteiger partial charge in [0.25, 0.3) is 0 Å². The van der Waals surface area contributed by atoms with Gasteiger partial charge >= 0.3 is 5.97 Å². The fourth-order valence-electron chi connectivity index (χ4n) is 1.15. The summed E-state index contributed by atoms with van der Waals surface area (Å²) in [7, 11) is 0. The van der Waals surface area contributed by atoms with E-state index in [1.165, 1.54) is 0 Å². The van der Waals surface area contributed by atoms with Crippen LogP contribution in [0.15, 0.2) is 0 Å². The highest BCUT2D eigenvalue weighted by Gasteiger charge is 2.45. The van der Waals surface area contributed by atoms with Gasteiger partial charge in [-0.3, -0.25) is 0 Å². The number of hydrogen-bond donors (Lipinski definition) is 4. The molecule has 1 saturated heterocycles. The van der Waals surface area contributed by atoms with Crippen molar-refractivity contribution >= 4 is 5.97 Å². The molecule has 0 saturated carbocycles. The molecule has 70 valence electrons. The van der Waals surface area contributed by atoms with E-state index in [9.17, 15) is 4.79 Å². The summed E-state index contributed by atoms with van der Waals surface area (Å²) < 4.78 is 4.77. The Morgan fingerprint density at radius 2 is 2.00 bits per heavy atom. The van der Waals surface area contributed by atoms with Crippen molar-refractivity contribution in [1.29, 1.82) is 0 Å². The van der Waals surface area contributed by atoms with Gasteiger partial charge in [0.15, 0.2) is 6.10 Å². The third-order valence-electron chi connectivity index (χ3n) is 1.84. The van der Waals surface area contributed by atoms with E-state index in [-0.39, 0.29) is 6.54 Å². The summed E-state index contributed by atoms with van der Waals surface area (Å²) >= 11 is 0. The Morgan fingerprint density at radius 3 is 2.25 bits per heavy atom. The Kier molecular flexibility index (Phi) is 2.63. The van der Waals surface area contributed by atoms with Crippen LogP contribution in [0.25, 0.3) is 0 Å². The zero-order chi connectivity index (χ0) is 9.30. The molecule has 0 bridgehead atoms. The first-order valence-electron chi connectivity index (χ1n) is 3.52. The van der Waals surface area contributed by atoms with Crippen LogP contribution >= 0.6 is 0 Å². The third-order valence-corrected chi connectivity index (χ3v) is 1.84. The summed E-state index contributed by atoms with van der Waals surface area (Å²) in [5, 5.41) is 26.8. The third kappa shape index (κ3) is 1.42. The van der Waals surface area contributed by atoms with Crippen molar-refractivity contribution < 1.29 is 24.9 Å². The summed E-state index contributed by atoms with van der Waals surface area (Å²) in [4.78, 5) is 10.4. The maximum Gasteiger partial charge on any atom is 0.335 e. The summed E-state index contributed by atoms with van der Waals surface area (Å²) in [5.41, 5.74) is 5.16. The van der Waals surface area contributed by atoms with Crippen molar-refractivity contribution in [1.82, 2.24) is 0 Å². The number of hydrogen-bond acceptors (Lipinski definition) is 5. The normalized spacial score (nSPS) is 41.6. The molecule has 0 aromatic heterocycles. The lowest BCUT2D eigenvalue weighted by Gasteiger charge is -2.10. The Hall–Kier alpha value is -0.690. The maximum absolute atomic E-state index is 10.4. The van der Waals surface area contributed by atoms with Crippen molar-refractivity contribution in [3.63, 3.8) is 0 Å². The molecule has 6 heteroatoms. The summed E-state index contributed by atoms with van der Waals surface area (Å²) in [6, 6.07) is 0. The average molecular weight is 177 g/mol. The Labute approximate surface area is 68.6 Å². The van der Waals surface area contributed by atoms with E-state index in [1.54, 1.807) is 0 Å². The Balaban J connectivity index is 2.66. The lowest BCUT2D eigenvalue weighted by atomic mass is 10.1. The molecule has 4 atom stereocenters. The molecule has 5 N–H and O–H groups in total.